The second-order valence-corrected chi connectivity index (χ2v) is 11.0. The minimum atomic E-state index is -5.93. The number of nitrogen functional groups attached to an aromatic ring is 1. The lowest BCUT2D eigenvalue weighted by molar-refractivity contribution is -0.273. The summed E-state index contributed by atoms with van der Waals surface area (Å²) in [4.78, 5) is 38.8. The largest absolute Gasteiger partial charge is 0.490 e. The molecule has 0 amide bonds. The third-order valence-corrected chi connectivity index (χ3v) is 7.91. The SMILES string of the molecule is Nc1ccn([C@@H]2O[C@H](COP(=O)(O)OP(=O)(O)OP(=O)(O)O)C(O)C2(F)C(F)(F)F)c(=S)n1. The molecule has 1 aliphatic rings. The smallest absolute Gasteiger partial charge is 0.386 e. The molecule has 15 nitrogen and oxygen atoms in total. The predicted octanol–water partition coefficient (Wildman–Crippen LogP) is 1.07. The van der Waals surface area contributed by atoms with Crippen LogP contribution in [0.15, 0.2) is 12.3 Å². The molecule has 2 heterocycles. The van der Waals surface area contributed by atoms with Crippen LogP contribution in [-0.4, -0.2) is 64.9 Å². The second-order valence-electron chi connectivity index (χ2n) is 6.17. The van der Waals surface area contributed by atoms with Gasteiger partial charge in [0.2, 0.25) is 4.77 Å². The fourth-order valence-corrected chi connectivity index (χ4v) is 5.83. The van der Waals surface area contributed by atoms with E-state index in [1.165, 1.54) is 0 Å². The highest BCUT2D eigenvalue weighted by atomic mass is 32.1. The van der Waals surface area contributed by atoms with Crippen LogP contribution in [0.3, 0.4) is 0 Å². The molecule has 1 aromatic heterocycles. The number of phosphoric acid groups is 3. The van der Waals surface area contributed by atoms with Crippen molar-refractivity contribution >= 4 is 41.5 Å². The third kappa shape index (κ3) is 6.64. The van der Waals surface area contributed by atoms with Gasteiger partial charge in [-0.25, -0.2) is 23.1 Å². The summed E-state index contributed by atoms with van der Waals surface area (Å²) < 4.78 is 105. The number of nitrogens with zero attached hydrogens (tertiary/aromatic N) is 2. The number of anilines is 1. The number of rotatable bonds is 8. The normalized spacial score (nSPS) is 30.0. The minimum absolute atomic E-state index is 0.240. The van der Waals surface area contributed by atoms with Crippen molar-refractivity contribution in [1.82, 2.24) is 9.55 Å². The topological polar surface area (TPSA) is 233 Å². The van der Waals surface area contributed by atoms with Gasteiger partial charge in [-0.05, 0) is 18.3 Å². The maximum Gasteiger partial charge on any atom is 0.490 e. The molecule has 33 heavy (non-hydrogen) atoms. The molecule has 0 radical (unpaired) electrons. The van der Waals surface area contributed by atoms with Gasteiger partial charge < -0.3 is 35.2 Å². The zero-order valence-electron chi connectivity index (χ0n) is 15.4. The van der Waals surface area contributed by atoms with E-state index in [1.807, 2.05) is 0 Å². The molecule has 0 aliphatic carbocycles. The molecule has 190 valence electrons. The number of hydrogen-bond donors (Lipinski definition) is 6. The summed E-state index contributed by atoms with van der Waals surface area (Å²) in [5.41, 5.74) is 0.764. The number of aliphatic hydroxyl groups excluding tert-OH is 1. The Morgan fingerprint density at radius 3 is 2.27 bits per heavy atom. The number of hydrogen-bond acceptors (Lipinski definition) is 11. The third-order valence-electron chi connectivity index (χ3n) is 3.80. The summed E-state index contributed by atoms with van der Waals surface area (Å²) in [5, 5.41) is 9.97. The molecule has 23 heteroatoms. The van der Waals surface area contributed by atoms with Gasteiger partial charge in [-0.2, -0.15) is 21.8 Å². The lowest BCUT2D eigenvalue weighted by Gasteiger charge is -2.31. The maximum atomic E-state index is 15.1. The van der Waals surface area contributed by atoms with Crippen LogP contribution in [0.25, 0.3) is 0 Å². The fourth-order valence-electron chi connectivity index (χ4n) is 2.54. The molecule has 1 fully saturated rings. The van der Waals surface area contributed by atoms with Crippen LogP contribution in [0.1, 0.15) is 6.23 Å². The van der Waals surface area contributed by atoms with E-state index >= 15 is 4.39 Å². The van der Waals surface area contributed by atoms with E-state index in [2.05, 4.69) is 18.1 Å². The number of aliphatic hydroxyl groups is 1. The van der Waals surface area contributed by atoms with Crippen molar-refractivity contribution in [1.29, 1.82) is 0 Å². The van der Waals surface area contributed by atoms with Crippen LogP contribution in [0.5, 0.6) is 0 Å². The molecular weight excluding hydrogens is 555 g/mol. The Balaban J connectivity index is 2.28. The predicted molar refractivity (Wildman–Crippen MR) is 97.1 cm³/mol. The van der Waals surface area contributed by atoms with E-state index < -0.39 is 65.1 Å². The first-order valence-electron chi connectivity index (χ1n) is 7.91. The average Bonchev–Trinajstić information content (AvgIpc) is 2.82. The van der Waals surface area contributed by atoms with Gasteiger partial charge in [0, 0.05) is 6.20 Å². The Hall–Kier alpha value is -0.850. The Kier molecular flexibility index (Phi) is 8.01. The Labute approximate surface area is 185 Å². The number of aromatic nitrogens is 2. The molecule has 6 atom stereocenters. The second kappa shape index (κ2) is 9.31. The Bertz CT molecular complexity index is 1100. The van der Waals surface area contributed by atoms with E-state index in [0.717, 1.165) is 12.3 Å². The molecule has 0 spiro atoms. The summed E-state index contributed by atoms with van der Waals surface area (Å²) in [7, 11) is -17.4. The summed E-state index contributed by atoms with van der Waals surface area (Å²) in [6.07, 6.45) is -13.2. The molecule has 4 unspecified atom stereocenters. The van der Waals surface area contributed by atoms with Crippen molar-refractivity contribution in [2.24, 2.45) is 0 Å². The van der Waals surface area contributed by atoms with Crippen LogP contribution in [-0.2, 0) is 31.6 Å². The molecule has 2 rings (SSSR count). The summed E-state index contributed by atoms with van der Waals surface area (Å²) in [6, 6.07) is 0.932. The van der Waals surface area contributed by atoms with Crippen molar-refractivity contribution in [3.8, 4) is 0 Å². The number of ether oxygens (including phenoxy) is 1. The van der Waals surface area contributed by atoms with Crippen LogP contribution in [0, 0.1) is 4.77 Å². The highest BCUT2D eigenvalue weighted by molar-refractivity contribution is 7.71. The van der Waals surface area contributed by atoms with Crippen molar-refractivity contribution in [3.05, 3.63) is 17.0 Å². The van der Waals surface area contributed by atoms with Crippen molar-refractivity contribution in [2.45, 2.75) is 30.3 Å². The average molecular weight is 569 g/mol. The maximum absolute atomic E-state index is 15.1. The number of halogens is 4. The lowest BCUT2D eigenvalue weighted by Crippen LogP contribution is -2.54. The van der Waals surface area contributed by atoms with Gasteiger partial charge in [-0.1, -0.05) is 0 Å². The van der Waals surface area contributed by atoms with Gasteiger partial charge in [-0.3, -0.25) is 9.09 Å². The number of alkyl halides is 4. The Morgan fingerprint density at radius 2 is 1.79 bits per heavy atom. The van der Waals surface area contributed by atoms with Crippen LogP contribution >= 0.6 is 35.7 Å². The standard InChI is InChI=1S/C10H14F4N3O12P3S/c11-9(10(12,13)14)6(18)4(27-7(9)17-2-1-5(15)16-8(17)33)3-26-31(22,23)29-32(24,25)28-30(19,20)21/h1-2,4,6-7,18H,3H2,(H,22,23)(H,24,25)(H2,15,16,33)(H2,19,20,21)/t4-,6?,7-,9?/m1/s1. The molecule has 1 saturated heterocycles. The van der Waals surface area contributed by atoms with E-state index in [-0.39, 0.29) is 5.82 Å². The first kappa shape index (κ1) is 28.4. The molecular formula is C10H14F4N3O12P3S. The summed E-state index contributed by atoms with van der Waals surface area (Å²) in [6.45, 7) is -1.56. The van der Waals surface area contributed by atoms with Gasteiger partial charge in [-0.15, -0.1) is 0 Å². The zero-order chi connectivity index (χ0) is 25.6. The van der Waals surface area contributed by atoms with E-state index in [0.29, 0.717) is 4.57 Å². The van der Waals surface area contributed by atoms with Gasteiger partial charge in [0.1, 0.15) is 18.0 Å². The molecule has 0 saturated carbocycles. The van der Waals surface area contributed by atoms with Crippen molar-refractivity contribution in [2.75, 3.05) is 12.3 Å². The van der Waals surface area contributed by atoms with Gasteiger partial charge in [0.15, 0.2) is 6.23 Å². The molecule has 0 bridgehead atoms. The number of nitrogens with two attached hydrogens (primary N) is 1. The summed E-state index contributed by atoms with van der Waals surface area (Å²) >= 11 is 4.71. The van der Waals surface area contributed by atoms with Crippen molar-refractivity contribution < 1.29 is 73.8 Å². The molecule has 1 aliphatic heterocycles. The zero-order valence-corrected chi connectivity index (χ0v) is 18.9. The molecule has 7 N–H and O–H groups in total. The van der Waals surface area contributed by atoms with Gasteiger partial charge >= 0.3 is 29.6 Å². The first-order chi connectivity index (χ1) is 14.7. The van der Waals surface area contributed by atoms with Crippen LogP contribution in [0.2, 0.25) is 0 Å². The number of phosphoric ester groups is 1. The monoisotopic (exact) mass is 569 g/mol. The molecule has 1 aromatic rings. The lowest BCUT2D eigenvalue weighted by atomic mass is 9.95. The fraction of sp³-hybridized carbons (Fsp3) is 0.600. The van der Waals surface area contributed by atoms with Crippen LogP contribution in [0.4, 0.5) is 23.4 Å². The molecule has 0 aromatic carbocycles. The van der Waals surface area contributed by atoms with E-state index in [4.69, 9.17) is 37.4 Å². The minimum Gasteiger partial charge on any atom is -0.386 e. The van der Waals surface area contributed by atoms with Crippen LogP contribution < -0.4 is 5.73 Å². The highest BCUT2D eigenvalue weighted by Crippen LogP contribution is 2.66. The van der Waals surface area contributed by atoms with Crippen molar-refractivity contribution in [3.63, 3.8) is 0 Å². The van der Waals surface area contributed by atoms with E-state index in [9.17, 15) is 36.9 Å². The van der Waals surface area contributed by atoms with Gasteiger partial charge in [0.25, 0.3) is 5.67 Å². The first-order valence-corrected chi connectivity index (χ1v) is 12.8. The quantitative estimate of drug-likeness (QED) is 0.146. The Morgan fingerprint density at radius 1 is 1.21 bits per heavy atom. The van der Waals surface area contributed by atoms with Gasteiger partial charge in [0.05, 0.1) is 6.61 Å². The van der Waals surface area contributed by atoms with E-state index in [1.54, 1.807) is 0 Å². The summed E-state index contributed by atoms with van der Waals surface area (Å²) in [5.74, 6) is -0.240. The highest BCUT2D eigenvalue weighted by Gasteiger charge is 2.73.